The highest BCUT2D eigenvalue weighted by Gasteiger charge is 2.27. The Labute approximate surface area is 213 Å². The summed E-state index contributed by atoms with van der Waals surface area (Å²) in [5.74, 6) is -0.294. The Bertz CT molecular complexity index is 1150. The van der Waals surface area contributed by atoms with Crippen molar-refractivity contribution in [3.05, 3.63) is 47.3 Å². The average molecular weight is 492 g/mol. The maximum atomic E-state index is 12.9. The summed E-state index contributed by atoms with van der Waals surface area (Å²) in [5, 5.41) is 15.7. The molecule has 1 amide bonds. The summed E-state index contributed by atoms with van der Waals surface area (Å²) >= 11 is 0. The van der Waals surface area contributed by atoms with Crippen LogP contribution in [0, 0.1) is 16.7 Å². The van der Waals surface area contributed by atoms with E-state index < -0.39 is 5.91 Å². The Balaban J connectivity index is 1.55. The van der Waals surface area contributed by atoms with Gasteiger partial charge in [0.25, 0.3) is 5.91 Å². The number of amides is 1. The lowest BCUT2D eigenvalue weighted by Gasteiger charge is -2.32. The number of pyridine rings is 1. The van der Waals surface area contributed by atoms with Crippen molar-refractivity contribution in [2.45, 2.75) is 52.5 Å². The molecule has 0 atom stereocenters. The SMILES string of the molecule is CC1(C)CC=C(c2nc(C(C)(C)NCCN3CCOCC3)ccc2NC(=O)c2nc(C#N)c[nH]2)CC1. The van der Waals surface area contributed by atoms with Crippen LogP contribution in [0.5, 0.6) is 0 Å². The fourth-order valence-electron chi connectivity index (χ4n) is 4.56. The van der Waals surface area contributed by atoms with Gasteiger partial charge in [-0.1, -0.05) is 19.9 Å². The molecule has 0 aromatic carbocycles. The van der Waals surface area contributed by atoms with E-state index >= 15 is 0 Å². The van der Waals surface area contributed by atoms with Gasteiger partial charge >= 0.3 is 0 Å². The molecule has 0 radical (unpaired) electrons. The van der Waals surface area contributed by atoms with Crippen molar-refractivity contribution in [2.75, 3.05) is 44.7 Å². The van der Waals surface area contributed by atoms with Gasteiger partial charge in [-0.2, -0.15) is 5.26 Å². The number of nitrogens with zero attached hydrogens (tertiary/aromatic N) is 4. The molecule has 2 aromatic rings. The van der Waals surface area contributed by atoms with Crippen LogP contribution >= 0.6 is 0 Å². The monoisotopic (exact) mass is 491 g/mol. The Hall–Kier alpha value is -3.06. The second-order valence-electron chi connectivity index (χ2n) is 10.9. The van der Waals surface area contributed by atoms with Crippen LogP contribution in [0.15, 0.2) is 24.4 Å². The molecule has 9 heteroatoms. The van der Waals surface area contributed by atoms with Crippen molar-refractivity contribution in [1.82, 2.24) is 25.2 Å². The number of hydrogen-bond donors (Lipinski definition) is 3. The molecule has 36 heavy (non-hydrogen) atoms. The lowest BCUT2D eigenvalue weighted by molar-refractivity contribution is 0.0376. The predicted octanol–water partition coefficient (Wildman–Crippen LogP) is 3.68. The van der Waals surface area contributed by atoms with Crippen molar-refractivity contribution < 1.29 is 9.53 Å². The summed E-state index contributed by atoms with van der Waals surface area (Å²) in [6.45, 7) is 14.2. The molecule has 0 saturated carbocycles. The van der Waals surface area contributed by atoms with Gasteiger partial charge in [0.15, 0.2) is 11.5 Å². The van der Waals surface area contributed by atoms with Gasteiger partial charge in [0.05, 0.1) is 35.8 Å². The first-order valence-electron chi connectivity index (χ1n) is 12.7. The third kappa shape index (κ3) is 6.38. The number of rotatable bonds is 8. The quantitative estimate of drug-likeness (QED) is 0.515. The molecule has 3 heterocycles. The first-order chi connectivity index (χ1) is 17.2. The number of nitrogens with one attached hydrogen (secondary N) is 3. The summed E-state index contributed by atoms with van der Waals surface area (Å²) in [5.41, 5.74) is 3.60. The van der Waals surface area contributed by atoms with E-state index in [0.29, 0.717) is 5.69 Å². The normalized spacial score (nSPS) is 18.4. The van der Waals surface area contributed by atoms with E-state index in [1.807, 2.05) is 18.2 Å². The molecule has 1 saturated heterocycles. The summed E-state index contributed by atoms with van der Waals surface area (Å²) in [6, 6.07) is 5.83. The molecule has 2 aliphatic rings. The fraction of sp³-hybridized carbons (Fsp3) is 0.556. The van der Waals surface area contributed by atoms with E-state index in [-0.39, 0.29) is 22.5 Å². The van der Waals surface area contributed by atoms with Gasteiger partial charge in [0, 0.05) is 32.4 Å². The number of aromatic amines is 1. The number of anilines is 1. The van der Waals surface area contributed by atoms with Gasteiger partial charge in [-0.05, 0) is 56.2 Å². The lowest BCUT2D eigenvalue weighted by atomic mass is 9.77. The van der Waals surface area contributed by atoms with Crippen LogP contribution in [-0.4, -0.2) is 65.2 Å². The number of ether oxygens (including phenoxy) is 1. The Kier molecular flexibility index (Phi) is 7.88. The van der Waals surface area contributed by atoms with E-state index in [0.717, 1.165) is 75.6 Å². The van der Waals surface area contributed by atoms with Crippen molar-refractivity contribution >= 4 is 17.2 Å². The number of imidazole rings is 1. The predicted molar refractivity (Wildman–Crippen MR) is 139 cm³/mol. The number of carbonyl (C=O) groups is 1. The zero-order chi connectivity index (χ0) is 25.8. The number of morpholine rings is 1. The molecular formula is C27H37N7O2. The number of nitriles is 1. The van der Waals surface area contributed by atoms with Gasteiger partial charge in [0.1, 0.15) is 6.07 Å². The summed E-state index contributed by atoms with van der Waals surface area (Å²) in [7, 11) is 0. The van der Waals surface area contributed by atoms with Crippen LogP contribution in [0.25, 0.3) is 5.57 Å². The van der Waals surface area contributed by atoms with Crippen LogP contribution < -0.4 is 10.6 Å². The van der Waals surface area contributed by atoms with Gasteiger partial charge in [-0.25, -0.2) is 9.97 Å². The smallest absolute Gasteiger partial charge is 0.291 e. The molecule has 9 nitrogen and oxygen atoms in total. The highest BCUT2D eigenvalue weighted by atomic mass is 16.5. The standard InChI is InChI=1S/C27H37N7O2/c1-26(2)9-7-19(8-10-26)23-21(32-25(35)24-29-18-20(17-28)31-24)5-6-22(33-23)27(3,4)30-11-12-34-13-15-36-16-14-34/h5-7,18,30H,8-16H2,1-4H3,(H,29,31)(H,32,35). The van der Waals surface area contributed by atoms with Crippen molar-refractivity contribution in [1.29, 1.82) is 5.26 Å². The number of allylic oxidation sites excluding steroid dienone is 2. The molecule has 4 rings (SSSR count). The Morgan fingerprint density at radius 2 is 2.06 bits per heavy atom. The maximum absolute atomic E-state index is 12.9. The van der Waals surface area contributed by atoms with Gasteiger partial charge in [-0.3, -0.25) is 9.69 Å². The molecule has 1 fully saturated rings. The molecule has 0 spiro atoms. The van der Waals surface area contributed by atoms with Gasteiger partial charge < -0.3 is 20.4 Å². The molecule has 3 N–H and O–H groups in total. The first kappa shape index (κ1) is 26.0. The van der Waals surface area contributed by atoms with E-state index in [4.69, 9.17) is 15.0 Å². The van der Waals surface area contributed by atoms with Crippen LogP contribution in [0.4, 0.5) is 5.69 Å². The lowest BCUT2D eigenvalue weighted by Crippen LogP contribution is -2.45. The van der Waals surface area contributed by atoms with E-state index in [1.54, 1.807) is 0 Å². The first-order valence-corrected chi connectivity index (χ1v) is 12.7. The second kappa shape index (κ2) is 10.9. The molecule has 1 aliphatic carbocycles. The Morgan fingerprint density at radius 3 is 2.72 bits per heavy atom. The third-order valence-electron chi connectivity index (χ3n) is 7.07. The minimum absolute atomic E-state index is 0.102. The molecule has 0 bridgehead atoms. The fourth-order valence-corrected chi connectivity index (χ4v) is 4.56. The van der Waals surface area contributed by atoms with Crippen LogP contribution in [0.3, 0.4) is 0 Å². The van der Waals surface area contributed by atoms with Crippen LogP contribution in [-0.2, 0) is 10.3 Å². The van der Waals surface area contributed by atoms with Crippen LogP contribution in [0.2, 0.25) is 0 Å². The van der Waals surface area contributed by atoms with Gasteiger partial charge in [-0.15, -0.1) is 0 Å². The van der Waals surface area contributed by atoms with Gasteiger partial charge in [0.2, 0.25) is 0 Å². The molecule has 192 valence electrons. The molecule has 1 aliphatic heterocycles. The minimum Gasteiger partial charge on any atom is -0.379 e. The molecule has 0 unspecified atom stereocenters. The maximum Gasteiger partial charge on any atom is 0.291 e. The number of aromatic nitrogens is 3. The van der Waals surface area contributed by atoms with E-state index in [9.17, 15) is 4.79 Å². The molecule has 2 aromatic heterocycles. The number of hydrogen-bond acceptors (Lipinski definition) is 7. The highest BCUT2D eigenvalue weighted by Crippen LogP contribution is 2.39. The topological polar surface area (TPSA) is 119 Å². The second-order valence-corrected chi connectivity index (χ2v) is 10.9. The van der Waals surface area contributed by atoms with E-state index in [2.05, 4.69) is 59.3 Å². The number of H-pyrrole nitrogens is 1. The zero-order valence-corrected chi connectivity index (χ0v) is 21.8. The summed E-state index contributed by atoms with van der Waals surface area (Å²) in [6.07, 6.45) is 6.60. The summed E-state index contributed by atoms with van der Waals surface area (Å²) < 4.78 is 5.45. The van der Waals surface area contributed by atoms with Crippen LogP contribution in [0.1, 0.15) is 74.7 Å². The van der Waals surface area contributed by atoms with Crippen molar-refractivity contribution in [3.8, 4) is 6.07 Å². The zero-order valence-electron chi connectivity index (χ0n) is 21.8. The van der Waals surface area contributed by atoms with Crippen molar-refractivity contribution in [3.63, 3.8) is 0 Å². The minimum atomic E-state index is -0.396. The third-order valence-corrected chi connectivity index (χ3v) is 7.07. The van der Waals surface area contributed by atoms with E-state index in [1.165, 1.54) is 6.20 Å². The van der Waals surface area contributed by atoms with Crippen molar-refractivity contribution in [2.24, 2.45) is 5.41 Å². The molecular weight excluding hydrogens is 454 g/mol. The Morgan fingerprint density at radius 1 is 1.28 bits per heavy atom. The highest BCUT2D eigenvalue weighted by molar-refractivity contribution is 6.03. The summed E-state index contributed by atoms with van der Waals surface area (Å²) in [4.78, 5) is 27.2. The average Bonchev–Trinajstić information content (AvgIpc) is 3.35. The number of carbonyl (C=O) groups excluding carboxylic acids is 1. The largest absolute Gasteiger partial charge is 0.379 e.